The maximum atomic E-state index is 12.9. The molecule has 1 amide bonds. The van der Waals surface area contributed by atoms with Crippen LogP contribution in [0.2, 0.25) is 0 Å². The second-order valence-corrected chi connectivity index (χ2v) is 7.38. The molecule has 6 heteroatoms. The fourth-order valence-electron chi connectivity index (χ4n) is 3.42. The largest absolute Gasteiger partial charge is 0.389 e. The number of amides is 1. The minimum Gasteiger partial charge on any atom is -0.389 e. The van der Waals surface area contributed by atoms with E-state index in [1.165, 1.54) is 0 Å². The predicted molar refractivity (Wildman–Crippen MR) is 103 cm³/mol. The van der Waals surface area contributed by atoms with E-state index < -0.39 is 6.10 Å². The monoisotopic (exact) mass is 364 g/mol. The predicted octanol–water partition coefficient (Wildman–Crippen LogP) is 3.14. The molecule has 0 spiro atoms. The van der Waals surface area contributed by atoms with Crippen molar-refractivity contribution >= 4 is 16.9 Å². The van der Waals surface area contributed by atoms with Crippen LogP contribution in [0.3, 0.4) is 0 Å². The van der Waals surface area contributed by atoms with E-state index in [-0.39, 0.29) is 5.91 Å². The van der Waals surface area contributed by atoms with Gasteiger partial charge in [0.15, 0.2) is 5.65 Å². The Morgan fingerprint density at radius 1 is 1.33 bits per heavy atom. The summed E-state index contributed by atoms with van der Waals surface area (Å²) in [7, 11) is 1.87. The van der Waals surface area contributed by atoms with Gasteiger partial charge in [-0.2, -0.15) is 5.10 Å². The number of pyridine rings is 1. The van der Waals surface area contributed by atoms with Gasteiger partial charge in [0.2, 0.25) is 0 Å². The van der Waals surface area contributed by atoms with Crippen molar-refractivity contribution in [1.29, 1.82) is 0 Å². The highest BCUT2D eigenvalue weighted by atomic mass is 16.3. The molecule has 27 heavy (non-hydrogen) atoms. The number of aromatic nitrogens is 3. The Hall–Kier alpha value is -2.73. The van der Waals surface area contributed by atoms with E-state index in [4.69, 9.17) is 4.98 Å². The van der Waals surface area contributed by atoms with Crippen LogP contribution < -0.4 is 5.32 Å². The molecule has 2 heterocycles. The number of carbonyl (C=O) groups excluding carboxylic acids is 1. The van der Waals surface area contributed by atoms with Crippen molar-refractivity contribution in [2.75, 3.05) is 0 Å². The van der Waals surface area contributed by atoms with Crippen LogP contribution in [0.25, 0.3) is 11.0 Å². The first kappa shape index (κ1) is 17.7. The van der Waals surface area contributed by atoms with Crippen LogP contribution in [0.1, 0.15) is 64.7 Å². The minimum atomic E-state index is -0.492. The van der Waals surface area contributed by atoms with Crippen molar-refractivity contribution in [3.05, 3.63) is 58.4 Å². The molecule has 0 saturated heterocycles. The lowest BCUT2D eigenvalue weighted by Gasteiger charge is -2.10. The first-order chi connectivity index (χ1) is 12.9. The summed E-state index contributed by atoms with van der Waals surface area (Å²) in [5.41, 5.74) is 5.06. The molecule has 140 valence electrons. The number of rotatable bonds is 5. The van der Waals surface area contributed by atoms with Gasteiger partial charge in [-0.05, 0) is 43.9 Å². The molecule has 0 aliphatic heterocycles. The number of fused-ring (bicyclic) bond motifs is 1. The Balaban J connectivity index is 1.60. The van der Waals surface area contributed by atoms with Gasteiger partial charge in [-0.15, -0.1) is 0 Å². The number of aliphatic hydroxyl groups excluding tert-OH is 1. The highest BCUT2D eigenvalue weighted by Gasteiger charge is 2.28. The van der Waals surface area contributed by atoms with Crippen LogP contribution in [-0.4, -0.2) is 25.8 Å². The van der Waals surface area contributed by atoms with E-state index in [0.29, 0.717) is 18.0 Å². The molecule has 1 fully saturated rings. The topological polar surface area (TPSA) is 80.0 Å². The molecule has 2 N–H and O–H groups in total. The summed E-state index contributed by atoms with van der Waals surface area (Å²) in [4.78, 5) is 17.7. The number of nitrogens with zero attached hydrogens (tertiary/aromatic N) is 3. The Kier molecular flexibility index (Phi) is 4.44. The number of benzene rings is 1. The number of aliphatic hydroxyl groups is 1. The fourth-order valence-corrected chi connectivity index (χ4v) is 3.42. The maximum Gasteiger partial charge on any atom is 0.252 e. The summed E-state index contributed by atoms with van der Waals surface area (Å²) in [6.45, 7) is 4.08. The molecular formula is C21H24N4O2. The quantitative estimate of drug-likeness (QED) is 0.729. The highest BCUT2D eigenvalue weighted by molar-refractivity contribution is 6.06. The molecule has 1 aliphatic carbocycles. The van der Waals surface area contributed by atoms with Crippen molar-refractivity contribution in [3.8, 4) is 0 Å². The van der Waals surface area contributed by atoms with Crippen LogP contribution in [0.15, 0.2) is 30.3 Å². The van der Waals surface area contributed by atoms with E-state index in [1.54, 1.807) is 11.6 Å². The standard InChI is InChI=1S/C21H24N4O2/c1-12-19-17(10-18(16-8-9-16)23-20(19)25(3)24-12)21(27)22-11-14-4-6-15(7-5-14)13(2)26/h4-7,10,13,16,26H,8-9,11H2,1-3H3,(H,22,27). The molecule has 1 aliphatic rings. The summed E-state index contributed by atoms with van der Waals surface area (Å²) >= 11 is 0. The minimum absolute atomic E-state index is 0.111. The lowest BCUT2D eigenvalue weighted by atomic mass is 10.1. The van der Waals surface area contributed by atoms with Gasteiger partial charge in [0.05, 0.1) is 22.7 Å². The molecule has 3 aromatic rings. The number of nitrogens with one attached hydrogen (secondary N) is 1. The van der Waals surface area contributed by atoms with Gasteiger partial charge in [-0.3, -0.25) is 9.48 Å². The van der Waals surface area contributed by atoms with Crippen molar-refractivity contribution in [2.24, 2.45) is 7.05 Å². The lowest BCUT2D eigenvalue weighted by Crippen LogP contribution is -2.23. The van der Waals surface area contributed by atoms with Crippen molar-refractivity contribution in [2.45, 2.75) is 45.3 Å². The van der Waals surface area contributed by atoms with E-state index in [9.17, 15) is 9.90 Å². The SMILES string of the molecule is Cc1nn(C)c2nc(C3CC3)cc(C(=O)NCc3ccc(C(C)O)cc3)c12. The molecule has 6 nitrogen and oxygen atoms in total. The van der Waals surface area contributed by atoms with Crippen LogP contribution in [0.5, 0.6) is 0 Å². The van der Waals surface area contributed by atoms with E-state index in [1.807, 2.05) is 44.3 Å². The summed E-state index contributed by atoms with van der Waals surface area (Å²) in [5.74, 6) is 0.351. The second kappa shape index (κ2) is 6.78. The molecule has 2 aromatic heterocycles. The number of hydrogen-bond donors (Lipinski definition) is 2. The van der Waals surface area contributed by atoms with Crippen molar-refractivity contribution in [3.63, 3.8) is 0 Å². The van der Waals surface area contributed by atoms with Gasteiger partial charge in [-0.1, -0.05) is 24.3 Å². The number of aryl methyl sites for hydroxylation is 2. The Morgan fingerprint density at radius 3 is 2.67 bits per heavy atom. The fraction of sp³-hybridized carbons (Fsp3) is 0.381. The van der Waals surface area contributed by atoms with E-state index >= 15 is 0 Å². The lowest BCUT2D eigenvalue weighted by molar-refractivity contribution is 0.0952. The van der Waals surface area contributed by atoms with Gasteiger partial charge in [-0.25, -0.2) is 4.98 Å². The highest BCUT2D eigenvalue weighted by Crippen LogP contribution is 2.40. The molecular weight excluding hydrogens is 340 g/mol. The zero-order valence-electron chi connectivity index (χ0n) is 15.9. The number of carbonyl (C=O) groups is 1. The zero-order chi connectivity index (χ0) is 19.1. The van der Waals surface area contributed by atoms with Gasteiger partial charge in [0.1, 0.15) is 0 Å². The molecule has 1 saturated carbocycles. The molecule has 0 bridgehead atoms. The first-order valence-corrected chi connectivity index (χ1v) is 9.33. The molecule has 1 atom stereocenters. The van der Waals surface area contributed by atoms with Gasteiger partial charge in [0, 0.05) is 25.2 Å². The first-order valence-electron chi connectivity index (χ1n) is 9.33. The summed E-state index contributed by atoms with van der Waals surface area (Å²) in [6, 6.07) is 9.55. The average Bonchev–Trinajstić information content (AvgIpc) is 3.46. The Labute approximate surface area is 158 Å². The Morgan fingerprint density at radius 2 is 2.04 bits per heavy atom. The third kappa shape index (κ3) is 3.45. The zero-order valence-corrected chi connectivity index (χ0v) is 15.9. The third-order valence-corrected chi connectivity index (χ3v) is 5.14. The normalized spacial score (nSPS) is 15.1. The number of hydrogen-bond acceptors (Lipinski definition) is 4. The Bertz CT molecular complexity index is 1000. The molecule has 1 unspecified atom stereocenters. The van der Waals surface area contributed by atoms with Gasteiger partial charge < -0.3 is 10.4 Å². The smallest absolute Gasteiger partial charge is 0.252 e. The maximum absolute atomic E-state index is 12.9. The van der Waals surface area contributed by atoms with E-state index in [0.717, 1.165) is 46.4 Å². The van der Waals surface area contributed by atoms with E-state index in [2.05, 4.69) is 10.4 Å². The van der Waals surface area contributed by atoms with Gasteiger partial charge >= 0.3 is 0 Å². The van der Waals surface area contributed by atoms with Crippen molar-refractivity contribution < 1.29 is 9.90 Å². The van der Waals surface area contributed by atoms with Crippen LogP contribution >= 0.6 is 0 Å². The molecule has 4 rings (SSSR count). The van der Waals surface area contributed by atoms with Crippen LogP contribution in [0, 0.1) is 6.92 Å². The average molecular weight is 364 g/mol. The summed E-state index contributed by atoms with van der Waals surface area (Å²) in [6.07, 6.45) is 1.77. The van der Waals surface area contributed by atoms with Crippen LogP contribution in [-0.2, 0) is 13.6 Å². The third-order valence-electron chi connectivity index (χ3n) is 5.14. The molecule has 1 aromatic carbocycles. The molecule has 0 radical (unpaired) electrons. The van der Waals surface area contributed by atoms with Crippen molar-refractivity contribution in [1.82, 2.24) is 20.1 Å². The van der Waals surface area contributed by atoms with Crippen LogP contribution in [0.4, 0.5) is 0 Å². The second-order valence-electron chi connectivity index (χ2n) is 7.38. The van der Waals surface area contributed by atoms with Gasteiger partial charge in [0.25, 0.3) is 5.91 Å². The summed E-state index contributed by atoms with van der Waals surface area (Å²) in [5, 5.41) is 17.9. The summed E-state index contributed by atoms with van der Waals surface area (Å²) < 4.78 is 1.75.